The van der Waals surface area contributed by atoms with Gasteiger partial charge in [-0.1, -0.05) is 39.0 Å². The second-order valence-electron chi connectivity index (χ2n) is 6.56. The van der Waals surface area contributed by atoms with Crippen LogP contribution in [0.15, 0.2) is 23.8 Å². The number of rotatable bonds is 4. The van der Waals surface area contributed by atoms with Gasteiger partial charge >= 0.3 is 0 Å². The van der Waals surface area contributed by atoms with Crippen LogP contribution >= 0.6 is 0 Å². The Kier molecular flexibility index (Phi) is 4.98. The Bertz CT molecular complexity index is 373. The van der Waals surface area contributed by atoms with Crippen LogP contribution in [0.25, 0.3) is 0 Å². The molecule has 2 nitrogen and oxygen atoms in total. The van der Waals surface area contributed by atoms with E-state index in [-0.39, 0.29) is 5.92 Å². The third kappa shape index (κ3) is 4.04. The normalized spacial score (nSPS) is 25.7. The van der Waals surface area contributed by atoms with Gasteiger partial charge in [-0.05, 0) is 44.2 Å². The molecule has 0 saturated carbocycles. The van der Waals surface area contributed by atoms with Gasteiger partial charge in [0.05, 0.1) is 0 Å². The van der Waals surface area contributed by atoms with Crippen molar-refractivity contribution >= 4 is 5.78 Å². The second-order valence-corrected chi connectivity index (χ2v) is 6.56. The van der Waals surface area contributed by atoms with Crippen molar-refractivity contribution in [2.45, 2.75) is 40.0 Å². The fraction of sp³-hybridized carbons (Fsp3) is 0.706. The van der Waals surface area contributed by atoms with Crippen LogP contribution in [0.5, 0.6) is 0 Å². The molecule has 0 N–H and O–H groups in total. The van der Waals surface area contributed by atoms with Crippen LogP contribution < -0.4 is 0 Å². The van der Waals surface area contributed by atoms with Crippen molar-refractivity contribution in [3.63, 3.8) is 0 Å². The van der Waals surface area contributed by atoms with Crippen LogP contribution in [0, 0.1) is 17.8 Å². The molecule has 106 valence electrons. The molecule has 1 atom stereocenters. The van der Waals surface area contributed by atoms with Gasteiger partial charge in [-0.2, -0.15) is 0 Å². The zero-order valence-electron chi connectivity index (χ0n) is 12.6. The van der Waals surface area contributed by atoms with Crippen LogP contribution in [0.4, 0.5) is 0 Å². The van der Waals surface area contributed by atoms with E-state index in [1.807, 2.05) is 6.08 Å². The quantitative estimate of drug-likeness (QED) is 0.772. The maximum absolute atomic E-state index is 12.5. The molecule has 0 bridgehead atoms. The molecule has 2 heteroatoms. The lowest BCUT2D eigenvalue weighted by Gasteiger charge is -2.32. The molecule has 1 heterocycles. The van der Waals surface area contributed by atoms with Crippen molar-refractivity contribution in [2.24, 2.45) is 17.8 Å². The largest absolute Gasteiger partial charge is 0.303 e. The molecule has 2 rings (SSSR count). The zero-order chi connectivity index (χ0) is 13.8. The van der Waals surface area contributed by atoms with Crippen LogP contribution in [0.2, 0.25) is 0 Å². The van der Waals surface area contributed by atoms with Gasteiger partial charge in [0.25, 0.3) is 0 Å². The highest BCUT2D eigenvalue weighted by Crippen LogP contribution is 2.25. The van der Waals surface area contributed by atoms with E-state index >= 15 is 0 Å². The number of allylic oxidation sites excluding steroid dienone is 4. The van der Waals surface area contributed by atoms with Gasteiger partial charge in [0, 0.05) is 18.0 Å². The summed E-state index contributed by atoms with van der Waals surface area (Å²) in [5.41, 5.74) is 0.959. The Morgan fingerprint density at radius 3 is 2.58 bits per heavy atom. The van der Waals surface area contributed by atoms with E-state index in [1.165, 1.54) is 6.54 Å². The number of ketones is 1. The molecule has 0 aromatic heterocycles. The third-order valence-electron chi connectivity index (χ3n) is 4.18. The molecule has 1 unspecified atom stereocenters. The highest BCUT2D eigenvalue weighted by molar-refractivity contribution is 5.99. The first kappa shape index (κ1) is 14.5. The molecule has 0 aromatic rings. The summed E-state index contributed by atoms with van der Waals surface area (Å²) in [4.78, 5) is 15.0. The lowest BCUT2D eigenvalue weighted by molar-refractivity contribution is -0.120. The number of carbonyl (C=O) groups excluding carboxylic acids is 1. The van der Waals surface area contributed by atoms with E-state index < -0.39 is 0 Å². The summed E-state index contributed by atoms with van der Waals surface area (Å²) in [7, 11) is 0. The predicted octanol–water partition coefficient (Wildman–Crippen LogP) is 3.45. The van der Waals surface area contributed by atoms with Crippen molar-refractivity contribution < 1.29 is 4.79 Å². The molecule has 0 radical (unpaired) electrons. The number of Topliss-reactive ketones (excluding diaryl/α,β-unsaturated/α-hetero) is 1. The molecule has 0 spiro atoms. The molecule has 0 amide bonds. The van der Waals surface area contributed by atoms with Gasteiger partial charge in [-0.25, -0.2) is 0 Å². The zero-order valence-corrected chi connectivity index (χ0v) is 12.6. The van der Waals surface area contributed by atoms with Gasteiger partial charge in [0.2, 0.25) is 0 Å². The minimum Gasteiger partial charge on any atom is -0.303 e. The Labute approximate surface area is 117 Å². The standard InChI is InChI=1S/C17H27NO/c1-13(2)12-18-10-8-16(9-11-18)17(19)15-6-4-14(3)5-7-15/h4,6-7,13-14,16H,5,8-12H2,1-3H3. The Balaban J connectivity index is 1.84. The summed E-state index contributed by atoms with van der Waals surface area (Å²) in [5, 5.41) is 0. The van der Waals surface area contributed by atoms with Gasteiger partial charge in [0.15, 0.2) is 5.78 Å². The van der Waals surface area contributed by atoms with Crippen molar-refractivity contribution in [3.05, 3.63) is 23.8 Å². The minimum absolute atomic E-state index is 0.257. The Morgan fingerprint density at radius 1 is 1.37 bits per heavy atom. The van der Waals surface area contributed by atoms with Gasteiger partial charge in [0.1, 0.15) is 0 Å². The van der Waals surface area contributed by atoms with Gasteiger partial charge < -0.3 is 4.90 Å². The van der Waals surface area contributed by atoms with E-state index in [0.29, 0.717) is 11.7 Å². The summed E-state index contributed by atoms with van der Waals surface area (Å²) >= 11 is 0. The van der Waals surface area contributed by atoms with E-state index in [2.05, 4.69) is 37.8 Å². The SMILES string of the molecule is CC(C)CN1CCC(C(=O)C2=CCC(C)C=C2)CC1. The topological polar surface area (TPSA) is 20.3 Å². The van der Waals surface area contributed by atoms with Crippen molar-refractivity contribution in [2.75, 3.05) is 19.6 Å². The fourth-order valence-electron chi connectivity index (χ4n) is 3.04. The molecular weight excluding hydrogens is 234 g/mol. The van der Waals surface area contributed by atoms with Crippen molar-refractivity contribution in [3.8, 4) is 0 Å². The first-order chi connectivity index (χ1) is 9.06. The van der Waals surface area contributed by atoms with Gasteiger partial charge in [-0.3, -0.25) is 4.79 Å². The fourth-order valence-corrected chi connectivity index (χ4v) is 3.04. The van der Waals surface area contributed by atoms with Crippen molar-refractivity contribution in [1.82, 2.24) is 4.90 Å². The van der Waals surface area contributed by atoms with Crippen LogP contribution in [0.3, 0.4) is 0 Å². The Morgan fingerprint density at radius 2 is 2.05 bits per heavy atom. The highest BCUT2D eigenvalue weighted by atomic mass is 16.1. The summed E-state index contributed by atoms with van der Waals surface area (Å²) in [6, 6.07) is 0. The first-order valence-corrected chi connectivity index (χ1v) is 7.71. The highest BCUT2D eigenvalue weighted by Gasteiger charge is 2.26. The van der Waals surface area contributed by atoms with Crippen LogP contribution in [-0.2, 0) is 4.79 Å². The molecule has 0 aromatic carbocycles. The lowest BCUT2D eigenvalue weighted by atomic mass is 9.85. The van der Waals surface area contributed by atoms with Crippen LogP contribution in [0.1, 0.15) is 40.0 Å². The van der Waals surface area contributed by atoms with E-state index in [9.17, 15) is 4.79 Å². The van der Waals surface area contributed by atoms with Gasteiger partial charge in [-0.15, -0.1) is 0 Å². The number of carbonyl (C=O) groups is 1. The van der Waals surface area contributed by atoms with E-state index in [1.54, 1.807) is 0 Å². The van der Waals surface area contributed by atoms with Crippen molar-refractivity contribution in [1.29, 1.82) is 0 Å². The maximum Gasteiger partial charge on any atom is 0.165 e. The number of piperidine rings is 1. The molecule has 1 saturated heterocycles. The minimum atomic E-state index is 0.257. The molecule has 2 aliphatic rings. The van der Waals surface area contributed by atoms with Crippen LogP contribution in [-0.4, -0.2) is 30.3 Å². The van der Waals surface area contributed by atoms with E-state index in [4.69, 9.17) is 0 Å². The smallest absolute Gasteiger partial charge is 0.165 e. The molecule has 19 heavy (non-hydrogen) atoms. The summed E-state index contributed by atoms with van der Waals surface area (Å²) in [6.45, 7) is 10.1. The Hall–Kier alpha value is -0.890. The third-order valence-corrected chi connectivity index (χ3v) is 4.18. The molecule has 1 fully saturated rings. The number of likely N-dealkylation sites (tertiary alicyclic amines) is 1. The number of hydrogen-bond acceptors (Lipinski definition) is 2. The summed E-state index contributed by atoms with van der Waals surface area (Å²) < 4.78 is 0. The second kappa shape index (κ2) is 6.51. The molecule has 1 aliphatic carbocycles. The average Bonchev–Trinajstić information content (AvgIpc) is 2.39. The molecule has 1 aliphatic heterocycles. The van der Waals surface area contributed by atoms with E-state index in [0.717, 1.165) is 43.8 Å². The monoisotopic (exact) mass is 261 g/mol. The number of nitrogens with zero attached hydrogens (tertiary/aromatic N) is 1. The predicted molar refractivity (Wildman–Crippen MR) is 80.0 cm³/mol. The summed E-state index contributed by atoms with van der Waals surface area (Å²) in [5.74, 6) is 1.95. The molecular formula is C17H27NO. The summed E-state index contributed by atoms with van der Waals surface area (Å²) in [6.07, 6.45) is 9.42. The average molecular weight is 261 g/mol. The first-order valence-electron chi connectivity index (χ1n) is 7.71. The lowest BCUT2D eigenvalue weighted by Crippen LogP contribution is -2.38. The number of hydrogen-bond donors (Lipinski definition) is 0. The maximum atomic E-state index is 12.5.